The molecule has 2 rings (SSSR count). The van der Waals surface area contributed by atoms with E-state index < -0.39 is 0 Å². The molecule has 8 nitrogen and oxygen atoms in total. The summed E-state index contributed by atoms with van der Waals surface area (Å²) in [5.41, 5.74) is 14.6. The predicted molar refractivity (Wildman–Crippen MR) is 124 cm³/mol. The number of nitrogens with zero attached hydrogens (tertiary/aromatic N) is 3. The first-order valence-corrected chi connectivity index (χ1v) is 10.1. The maximum Gasteiger partial charge on any atom is 0.0920 e. The van der Waals surface area contributed by atoms with Gasteiger partial charge in [0.1, 0.15) is 0 Å². The molecular formula is C22H33N7O. The van der Waals surface area contributed by atoms with Crippen molar-refractivity contribution in [3.8, 4) is 0 Å². The quantitative estimate of drug-likeness (QED) is 0.223. The van der Waals surface area contributed by atoms with Crippen LogP contribution in [0.5, 0.6) is 0 Å². The normalized spacial score (nSPS) is 24.7. The Bertz CT molecular complexity index is 819. The zero-order valence-corrected chi connectivity index (χ0v) is 17.8. The zero-order chi connectivity index (χ0) is 22.3. The van der Waals surface area contributed by atoms with E-state index in [0.29, 0.717) is 24.2 Å². The summed E-state index contributed by atoms with van der Waals surface area (Å²) in [4.78, 5) is 10.3. The molecule has 30 heavy (non-hydrogen) atoms. The number of hydrogen-bond acceptors (Lipinski definition) is 7. The van der Waals surface area contributed by atoms with E-state index in [9.17, 15) is 5.11 Å². The second kappa shape index (κ2) is 10.8. The average molecular weight is 412 g/mol. The zero-order valence-electron chi connectivity index (χ0n) is 17.8. The Labute approximate surface area is 178 Å². The number of aliphatic imine (C=N–C) groups is 2. The van der Waals surface area contributed by atoms with Gasteiger partial charge in [-0.2, -0.15) is 0 Å². The fraction of sp³-hybridized carbons (Fsp3) is 0.455. The largest absolute Gasteiger partial charge is 0.393 e. The molecule has 1 saturated heterocycles. The molecule has 2 aliphatic rings. The molecule has 0 spiro atoms. The van der Waals surface area contributed by atoms with E-state index in [0.717, 1.165) is 30.6 Å². The predicted octanol–water partition coefficient (Wildman–Crippen LogP) is 1.64. The van der Waals surface area contributed by atoms with Crippen LogP contribution in [0.25, 0.3) is 0 Å². The first-order valence-electron chi connectivity index (χ1n) is 10.1. The third-order valence-corrected chi connectivity index (χ3v) is 5.58. The number of aliphatic hydroxyl groups excluding tert-OH is 1. The third kappa shape index (κ3) is 5.61. The van der Waals surface area contributed by atoms with E-state index in [1.165, 1.54) is 6.21 Å². The third-order valence-electron chi connectivity index (χ3n) is 5.58. The van der Waals surface area contributed by atoms with E-state index in [1.807, 2.05) is 12.2 Å². The van der Waals surface area contributed by atoms with Gasteiger partial charge in [0.25, 0.3) is 0 Å². The lowest BCUT2D eigenvalue weighted by atomic mass is 9.86. The van der Waals surface area contributed by atoms with Gasteiger partial charge in [-0.25, -0.2) is 4.99 Å². The Hall–Kier alpha value is -2.84. The van der Waals surface area contributed by atoms with Gasteiger partial charge in [0, 0.05) is 50.2 Å². The van der Waals surface area contributed by atoms with Crippen LogP contribution >= 0.6 is 0 Å². The lowest BCUT2D eigenvalue weighted by molar-refractivity contribution is 0.131. The summed E-state index contributed by atoms with van der Waals surface area (Å²) in [7, 11) is 1.67. The molecule has 1 heterocycles. The summed E-state index contributed by atoms with van der Waals surface area (Å²) in [6.45, 7) is 7.44. The average Bonchev–Trinajstić information content (AvgIpc) is 3.22. The molecule has 4 unspecified atom stereocenters. The summed E-state index contributed by atoms with van der Waals surface area (Å²) in [6.07, 6.45) is 10.8. The van der Waals surface area contributed by atoms with Gasteiger partial charge >= 0.3 is 0 Å². The van der Waals surface area contributed by atoms with E-state index in [2.05, 4.69) is 21.5 Å². The van der Waals surface area contributed by atoms with Gasteiger partial charge in [-0.1, -0.05) is 18.7 Å². The number of aliphatic hydroxyl groups is 1. The van der Waals surface area contributed by atoms with Gasteiger partial charge in [-0.05, 0) is 37.0 Å². The minimum Gasteiger partial charge on any atom is -0.393 e. The van der Waals surface area contributed by atoms with Crippen LogP contribution < -0.4 is 11.5 Å². The van der Waals surface area contributed by atoms with Crippen LogP contribution in [0, 0.1) is 22.7 Å². The number of nitrogens with two attached hydrogens (primary N) is 2. The van der Waals surface area contributed by atoms with Gasteiger partial charge in [-0.3, -0.25) is 10.4 Å². The lowest BCUT2D eigenvalue weighted by Crippen LogP contribution is -2.30. The van der Waals surface area contributed by atoms with E-state index in [4.69, 9.17) is 22.3 Å². The second-order valence-electron chi connectivity index (χ2n) is 7.66. The fourth-order valence-electron chi connectivity index (χ4n) is 3.70. The SMILES string of the molecule is C=C(/C=C(\N=CN)C(=N)C1=CC(C(C=N)C=NC)=CCC1N)N1CCC(C(C)O)C1. The second-order valence-corrected chi connectivity index (χ2v) is 7.66. The van der Waals surface area contributed by atoms with Crippen LogP contribution in [0.3, 0.4) is 0 Å². The Morgan fingerprint density at radius 3 is 2.77 bits per heavy atom. The number of nitrogens with one attached hydrogen (secondary N) is 2. The number of hydrogen-bond donors (Lipinski definition) is 5. The van der Waals surface area contributed by atoms with Crippen molar-refractivity contribution in [3.63, 3.8) is 0 Å². The summed E-state index contributed by atoms with van der Waals surface area (Å²) in [6, 6.07) is -0.345. The Kier molecular flexibility index (Phi) is 8.44. The highest BCUT2D eigenvalue weighted by Gasteiger charge is 2.27. The number of likely N-dealkylation sites (tertiary alicyclic amines) is 1. The first kappa shape index (κ1) is 23.4. The van der Waals surface area contributed by atoms with Crippen molar-refractivity contribution >= 4 is 24.5 Å². The maximum atomic E-state index is 9.84. The van der Waals surface area contributed by atoms with Crippen molar-refractivity contribution in [2.24, 2.45) is 33.3 Å². The van der Waals surface area contributed by atoms with Crippen LogP contribution in [-0.2, 0) is 0 Å². The van der Waals surface area contributed by atoms with Crippen molar-refractivity contribution in [3.05, 3.63) is 47.3 Å². The van der Waals surface area contributed by atoms with Crippen LogP contribution in [-0.4, -0.2) is 66.8 Å². The lowest BCUT2D eigenvalue weighted by Gasteiger charge is -2.24. The van der Waals surface area contributed by atoms with Crippen molar-refractivity contribution in [2.75, 3.05) is 20.1 Å². The minimum atomic E-state index is -0.365. The van der Waals surface area contributed by atoms with Crippen LogP contribution in [0.15, 0.2) is 57.3 Å². The van der Waals surface area contributed by atoms with Crippen molar-refractivity contribution in [1.82, 2.24) is 4.90 Å². The molecule has 8 heteroatoms. The Morgan fingerprint density at radius 1 is 1.47 bits per heavy atom. The molecule has 0 aromatic rings. The van der Waals surface area contributed by atoms with E-state index >= 15 is 0 Å². The highest BCUT2D eigenvalue weighted by atomic mass is 16.3. The van der Waals surface area contributed by atoms with Crippen LogP contribution in [0.2, 0.25) is 0 Å². The van der Waals surface area contributed by atoms with E-state index in [-0.39, 0.29) is 29.7 Å². The minimum absolute atomic E-state index is 0.180. The molecule has 0 bridgehead atoms. The number of allylic oxidation sites excluding steroid dienone is 4. The van der Waals surface area contributed by atoms with Crippen molar-refractivity contribution in [2.45, 2.75) is 31.9 Å². The van der Waals surface area contributed by atoms with Gasteiger partial charge in [-0.15, -0.1) is 0 Å². The molecule has 0 aromatic heterocycles. The molecule has 0 saturated carbocycles. The highest BCUT2D eigenvalue weighted by Crippen LogP contribution is 2.27. The van der Waals surface area contributed by atoms with Gasteiger partial charge < -0.3 is 26.9 Å². The maximum absolute atomic E-state index is 9.84. The smallest absolute Gasteiger partial charge is 0.0920 e. The summed E-state index contributed by atoms with van der Waals surface area (Å²) < 4.78 is 0. The fourth-order valence-corrected chi connectivity index (χ4v) is 3.70. The van der Waals surface area contributed by atoms with Gasteiger partial charge in [0.2, 0.25) is 0 Å². The summed E-state index contributed by atoms with van der Waals surface area (Å²) in [5.74, 6) is -0.0516. The van der Waals surface area contributed by atoms with Crippen LogP contribution in [0.4, 0.5) is 0 Å². The standard InChI is InChI=1S/C22H33N7O/c1-14(29-7-6-17(12-29)15(2)30)8-21(28-13-24)22(26)19-9-16(4-5-20(19)25)18(10-23)11-27-3/h4,8-11,13,15,17-18,20,23,26,30H,1,5-7,12,25H2,2-3H3,(H2,24,28)/b21-8-,23-10?,26-22?,27-11?. The molecule has 0 amide bonds. The van der Waals surface area contributed by atoms with Crippen LogP contribution in [0.1, 0.15) is 19.8 Å². The molecule has 1 fully saturated rings. The molecular weight excluding hydrogens is 378 g/mol. The number of rotatable bonds is 9. The monoisotopic (exact) mass is 411 g/mol. The van der Waals surface area contributed by atoms with Crippen molar-refractivity contribution in [1.29, 1.82) is 10.8 Å². The molecule has 162 valence electrons. The molecule has 4 atom stereocenters. The van der Waals surface area contributed by atoms with Crippen molar-refractivity contribution < 1.29 is 5.11 Å². The topological polar surface area (TPSA) is 148 Å². The Morgan fingerprint density at radius 2 is 2.20 bits per heavy atom. The summed E-state index contributed by atoms with van der Waals surface area (Å²) >= 11 is 0. The molecule has 1 aliphatic carbocycles. The molecule has 0 radical (unpaired) electrons. The highest BCUT2D eigenvalue weighted by molar-refractivity contribution is 6.12. The summed E-state index contributed by atoms with van der Waals surface area (Å²) in [5, 5.41) is 26.2. The molecule has 1 aliphatic heterocycles. The molecule has 7 N–H and O–H groups in total. The first-order chi connectivity index (χ1) is 14.3. The van der Waals surface area contributed by atoms with Gasteiger partial charge in [0.15, 0.2) is 0 Å². The Balaban J connectivity index is 2.28. The molecule has 0 aromatic carbocycles. The van der Waals surface area contributed by atoms with E-state index in [1.54, 1.807) is 26.3 Å². The van der Waals surface area contributed by atoms with Gasteiger partial charge in [0.05, 0.1) is 29.8 Å².